The number of carbonyl (C=O) groups is 1. The summed E-state index contributed by atoms with van der Waals surface area (Å²) in [5, 5.41) is 3.25. The van der Waals surface area contributed by atoms with Crippen LogP contribution < -0.4 is 14.8 Å². The van der Waals surface area contributed by atoms with Crippen molar-refractivity contribution in [1.29, 1.82) is 0 Å². The normalized spacial score (nSPS) is 22.0. The highest BCUT2D eigenvalue weighted by Gasteiger charge is 2.30. The summed E-state index contributed by atoms with van der Waals surface area (Å²) in [6, 6.07) is 6.42. The Hall–Kier alpha value is -1.79. The molecule has 6 nitrogen and oxygen atoms in total. The lowest BCUT2D eigenvalue weighted by atomic mass is 10.0. The molecule has 0 aromatic heterocycles. The maximum Gasteiger partial charge on any atom is 0.234 e. The first-order valence-corrected chi connectivity index (χ1v) is 10.1. The zero-order valence-corrected chi connectivity index (χ0v) is 16.9. The van der Waals surface area contributed by atoms with Crippen molar-refractivity contribution in [3.05, 3.63) is 23.8 Å². The van der Waals surface area contributed by atoms with Gasteiger partial charge in [-0.15, -0.1) is 0 Å². The molecule has 1 unspecified atom stereocenters. The monoisotopic (exact) mass is 375 g/mol. The Labute approximate surface area is 162 Å². The highest BCUT2D eigenvalue weighted by molar-refractivity contribution is 5.78. The lowest BCUT2D eigenvalue weighted by Gasteiger charge is -2.32. The van der Waals surface area contributed by atoms with Gasteiger partial charge in [0, 0.05) is 30.7 Å². The van der Waals surface area contributed by atoms with Crippen LogP contribution in [0, 0.1) is 0 Å². The van der Waals surface area contributed by atoms with Gasteiger partial charge in [-0.05, 0) is 57.0 Å². The second-order valence-corrected chi connectivity index (χ2v) is 7.51. The third kappa shape index (κ3) is 4.93. The predicted molar refractivity (Wildman–Crippen MR) is 106 cm³/mol. The van der Waals surface area contributed by atoms with Crippen LogP contribution in [0.5, 0.6) is 11.5 Å². The number of likely N-dealkylation sites (tertiary alicyclic amines) is 2. The van der Waals surface area contributed by atoms with Gasteiger partial charge < -0.3 is 19.7 Å². The molecule has 2 aliphatic heterocycles. The van der Waals surface area contributed by atoms with E-state index in [2.05, 4.69) is 22.0 Å². The number of piperidine rings is 1. The quantitative estimate of drug-likeness (QED) is 0.793. The zero-order chi connectivity index (χ0) is 19.2. The van der Waals surface area contributed by atoms with Crippen molar-refractivity contribution < 1.29 is 14.3 Å². The maximum absolute atomic E-state index is 12.7. The van der Waals surface area contributed by atoms with E-state index in [1.165, 1.54) is 0 Å². The van der Waals surface area contributed by atoms with Crippen LogP contribution in [-0.4, -0.2) is 68.7 Å². The number of rotatable bonds is 7. The second kappa shape index (κ2) is 9.42. The smallest absolute Gasteiger partial charge is 0.234 e. The number of hydrogen-bond acceptors (Lipinski definition) is 5. The fraction of sp³-hybridized carbons (Fsp3) is 0.667. The van der Waals surface area contributed by atoms with Crippen molar-refractivity contribution in [2.75, 3.05) is 46.9 Å². The number of nitrogens with one attached hydrogen (secondary N) is 1. The summed E-state index contributed by atoms with van der Waals surface area (Å²) in [6.45, 7) is 6.83. The first kappa shape index (κ1) is 20.0. The van der Waals surface area contributed by atoms with Gasteiger partial charge in [0.25, 0.3) is 0 Å². The third-order valence-corrected chi connectivity index (χ3v) is 5.91. The van der Waals surface area contributed by atoms with E-state index < -0.39 is 0 Å². The van der Waals surface area contributed by atoms with Crippen molar-refractivity contribution in [3.8, 4) is 11.5 Å². The van der Waals surface area contributed by atoms with Gasteiger partial charge in [0.05, 0.1) is 20.8 Å². The van der Waals surface area contributed by atoms with Gasteiger partial charge in [0.1, 0.15) is 11.5 Å². The van der Waals surface area contributed by atoms with Crippen molar-refractivity contribution >= 4 is 5.91 Å². The number of hydrogen-bond donors (Lipinski definition) is 1. The summed E-state index contributed by atoms with van der Waals surface area (Å²) in [5.41, 5.74) is 1.11. The Balaban J connectivity index is 1.61. The molecular weight excluding hydrogens is 342 g/mol. The minimum Gasteiger partial charge on any atom is -0.497 e. The summed E-state index contributed by atoms with van der Waals surface area (Å²) >= 11 is 0. The van der Waals surface area contributed by atoms with Crippen LogP contribution in [0.1, 0.15) is 44.2 Å². The number of amides is 1. The Kier molecular flexibility index (Phi) is 6.96. The summed E-state index contributed by atoms with van der Waals surface area (Å²) in [6.07, 6.45) is 4.22. The highest BCUT2D eigenvalue weighted by atomic mass is 16.5. The first-order chi connectivity index (χ1) is 13.1. The molecule has 1 N–H and O–H groups in total. The van der Waals surface area contributed by atoms with Gasteiger partial charge in [0.2, 0.25) is 5.91 Å². The molecule has 1 aromatic carbocycles. The molecule has 0 radical (unpaired) electrons. The first-order valence-electron chi connectivity index (χ1n) is 10.1. The zero-order valence-electron chi connectivity index (χ0n) is 16.9. The average molecular weight is 376 g/mol. The standard InChI is InChI=1S/C21H33N3O3/c1-4-23-12-9-16(10-13-23)22-21(25)15-24-11-5-6-19(24)18-14-17(26-2)7-8-20(18)27-3/h7-8,14,16,19H,4-6,9-13,15H2,1-3H3,(H,22,25). The second-order valence-electron chi connectivity index (χ2n) is 7.51. The van der Waals surface area contributed by atoms with Crippen LogP contribution in [0.4, 0.5) is 0 Å². The Morgan fingerprint density at radius 3 is 2.59 bits per heavy atom. The molecule has 0 saturated carbocycles. The van der Waals surface area contributed by atoms with Gasteiger partial charge in [0.15, 0.2) is 0 Å². The molecule has 27 heavy (non-hydrogen) atoms. The van der Waals surface area contributed by atoms with Gasteiger partial charge in [-0.1, -0.05) is 6.92 Å². The number of nitrogens with zero attached hydrogens (tertiary/aromatic N) is 2. The van der Waals surface area contributed by atoms with Crippen LogP contribution in [0.15, 0.2) is 18.2 Å². The van der Waals surface area contributed by atoms with E-state index in [4.69, 9.17) is 9.47 Å². The van der Waals surface area contributed by atoms with Crippen LogP contribution >= 0.6 is 0 Å². The molecule has 2 saturated heterocycles. The van der Waals surface area contributed by atoms with E-state index >= 15 is 0 Å². The molecule has 0 spiro atoms. The van der Waals surface area contributed by atoms with E-state index in [0.29, 0.717) is 12.6 Å². The molecule has 3 rings (SSSR count). The van der Waals surface area contributed by atoms with Crippen molar-refractivity contribution in [1.82, 2.24) is 15.1 Å². The summed E-state index contributed by atoms with van der Waals surface area (Å²) in [7, 11) is 3.37. The summed E-state index contributed by atoms with van der Waals surface area (Å²) < 4.78 is 11.0. The minimum atomic E-state index is 0.138. The van der Waals surface area contributed by atoms with Crippen molar-refractivity contribution in [2.45, 2.75) is 44.7 Å². The molecule has 1 aromatic rings. The summed E-state index contributed by atoms with van der Waals surface area (Å²) in [4.78, 5) is 17.4. The number of benzene rings is 1. The Morgan fingerprint density at radius 1 is 1.15 bits per heavy atom. The molecular formula is C21H33N3O3. The molecule has 2 fully saturated rings. The number of ether oxygens (including phenoxy) is 2. The third-order valence-electron chi connectivity index (χ3n) is 5.91. The Morgan fingerprint density at radius 2 is 1.93 bits per heavy atom. The number of methoxy groups -OCH3 is 2. The van der Waals surface area contributed by atoms with Gasteiger partial charge in [-0.2, -0.15) is 0 Å². The van der Waals surface area contributed by atoms with Crippen molar-refractivity contribution in [3.63, 3.8) is 0 Å². The molecule has 6 heteroatoms. The SMILES string of the molecule is CCN1CCC(NC(=O)CN2CCCC2c2cc(OC)ccc2OC)CC1. The number of carbonyl (C=O) groups excluding carboxylic acids is 1. The van der Waals surface area contributed by atoms with E-state index in [1.54, 1.807) is 14.2 Å². The topological polar surface area (TPSA) is 54.0 Å². The van der Waals surface area contributed by atoms with E-state index in [9.17, 15) is 4.79 Å². The maximum atomic E-state index is 12.7. The lowest BCUT2D eigenvalue weighted by Crippen LogP contribution is -2.47. The molecule has 2 aliphatic rings. The fourth-order valence-electron chi connectivity index (χ4n) is 4.32. The Bertz CT molecular complexity index is 629. The molecule has 2 heterocycles. The van der Waals surface area contributed by atoms with Crippen LogP contribution in [0.3, 0.4) is 0 Å². The largest absolute Gasteiger partial charge is 0.497 e. The highest BCUT2D eigenvalue weighted by Crippen LogP contribution is 2.38. The molecule has 1 amide bonds. The minimum absolute atomic E-state index is 0.138. The van der Waals surface area contributed by atoms with E-state index in [-0.39, 0.29) is 11.9 Å². The fourth-order valence-corrected chi connectivity index (χ4v) is 4.32. The van der Waals surface area contributed by atoms with Crippen molar-refractivity contribution in [2.24, 2.45) is 0 Å². The summed E-state index contributed by atoms with van der Waals surface area (Å²) in [5.74, 6) is 1.82. The molecule has 1 atom stereocenters. The van der Waals surface area contributed by atoms with Gasteiger partial charge >= 0.3 is 0 Å². The molecule has 150 valence electrons. The van der Waals surface area contributed by atoms with Gasteiger partial charge in [-0.25, -0.2) is 0 Å². The van der Waals surface area contributed by atoms with Crippen LogP contribution in [-0.2, 0) is 4.79 Å². The van der Waals surface area contributed by atoms with Crippen LogP contribution in [0.2, 0.25) is 0 Å². The van der Waals surface area contributed by atoms with Crippen LogP contribution in [0.25, 0.3) is 0 Å². The molecule has 0 bridgehead atoms. The van der Waals surface area contributed by atoms with E-state index in [0.717, 1.165) is 68.9 Å². The van der Waals surface area contributed by atoms with E-state index in [1.807, 2.05) is 18.2 Å². The average Bonchev–Trinajstić information content (AvgIpc) is 3.15. The van der Waals surface area contributed by atoms with Gasteiger partial charge in [-0.3, -0.25) is 9.69 Å². The molecule has 0 aliphatic carbocycles. The lowest BCUT2D eigenvalue weighted by molar-refractivity contribution is -0.123. The predicted octanol–water partition coefficient (Wildman–Crippen LogP) is 2.44.